The van der Waals surface area contributed by atoms with Crippen LogP contribution in [0.5, 0.6) is 0 Å². The normalized spacial score (nSPS) is 14.6. The molecule has 24 heavy (non-hydrogen) atoms. The molecule has 0 aliphatic carbocycles. The van der Waals surface area contributed by atoms with E-state index >= 15 is 0 Å². The first-order chi connectivity index (χ1) is 11.6. The Labute approximate surface area is 148 Å². The van der Waals surface area contributed by atoms with Crippen molar-refractivity contribution in [2.24, 2.45) is 0 Å². The zero-order valence-electron chi connectivity index (χ0n) is 13.8. The molecule has 0 saturated carbocycles. The van der Waals surface area contributed by atoms with Crippen molar-refractivity contribution in [3.8, 4) is 0 Å². The third-order valence-corrected chi connectivity index (χ3v) is 4.84. The summed E-state index contributed by atoms with van der Waals surface area (Å²) in [4.78, 5) is 16.5. The number of carbonyl (C=O) groups excluding carboxylic acids is 1. The molecule has 0 radical (unpaired) electrons. The van der Waals surface area contributed by atoms with Crippen LogP contribution in [0.4, 0.5) is 10.5 Å². The van der Waals surface area contributed by atoms with Crippen LogP contribution < -0.4 is 10.2 Å². The van der Waals surface area contributed by atoms with Gasteiger partial charge in [-0.1, -0.05) is 48.0 Å². The van der Waals surface area contributed by atoms with Crippen molar-refractivity contribution >= 4 is 23.3 Å². The molecular formula is C19H22ClN3O. The average molecular weight is 344 g/mol. The van der Waals surface area contributed by atoms with E-state index in [1.807, 2.05) is 54.3 Å². The number of nitrogens with zero attached hydrogens (tertiary/aromatic N) is 2. The number of nitrogens with one attached hydrogen (secondary N) is 1. The summed E-state index contributed by atoms with van der Waals surface area (Å²) in [7, 11) is 0. The van der Waals surface area contributed by atoms with Crippen molar-refractivity contribution in [3.63, 3.8) is 0 Å². The van der Waals surface area contributed by atoms with Crippen LogP contribution in [0.25, 0.3) is 0 Å². The van der Waals surface area contributed by atoms with Gasteiger partial charge in [-0.05, 0) is 30.2 Å². The molecule has 1 aliphatic rings. The van der Waals surface area contributed by atoms with E-state index in [1.54, 1.807) is 0 Å². The predicted molar refractivity (Wildman–Crippen MR) is 98.7 cm³/mol. The molecule has 2 amide bonds. The van der Waals surface area contributed by atoms with Gasteiger partial charge in [-0.3, -0.25) is 0 Å². The van der Waals surface area contributed by atoms with Gasteiger partial charge < -0.3 is 15.1 Å². The molecule has 0 aromatic heterocycles. The van der Waals surface area contributed by atoms with E-state index in [4.69, 9.17) is 11.6 Å². The summed E-state index contributed by atoms with van der Waals surface area (Å²) in [5.74, 6) is 0. The predicted octanol–water partition coefficient (Wildman–Crippen LogP) is 3.68. The Hall–Kier alpha value is -2.20. The summed E-state index contributed by atoms with van der Waals surface area (Å²) in [5, 5.41) is 3.78. The number of carbonyl (C=O) groups is 1. The fourth-order valence-electron chi connectivity index (χ4n) is 2.97. The Balaban J connectivity index is 1.53. The zero-order valence-corrected chi connectivity index (χ0v) is 14.6. The first-order valence-electron chi connectivity index (χ1n) is 8.22. The molecule has 1 saturated heterocycles. The fourth-order valence-corrected chi connectivity index (χ4v) is 3.14. The molecule has 2 aromatic rings. The number of piperazine rings is 1. The highest BCUT2D eigenvalue weighted by Gasteiger charge is 2.22. The molecule has 4 nitrogen and oxygen atoms in total. The van der Waals surface area contributed by atoms with Crippen LogP contribution in [0.3, 0.4) is 0 Å². The van der Waals surface area contributed by atoms with Gasteiger partial charge in [-0.25, -0.2) is 4.79 Å². The molecule has 0 unspecified atom stereocenters. The molecular weight excluding hydrogens is 322 g/mol. The zero-order chi connectivity index (χ0) is 16.9. The van der Waals surface area contributed by atoms with Crippen LogP contribution in [0.2, 0.25) is 5.02 Å². The molecule has 5 heteroatoms. The van der Waals surface area contributed by atoms with Crippen LogP contribution in [-0.2, 0) is 6.54 Å². The van der Waals surface area contributed by atoms with Gasteiger partial charge in [0, 0.05) is 43.4 Å². The number of hydrogen-bond acceptors (Lipinski definition) is 2. The number of halogens is 1. The van der Waals surface area contributed by atoms with Crippen LogP contribution in [0.15, 0.2) is 48.5 Å². The van der Waals surface area contributed by atoms with Gasteiger partial charge in [0.25, 0.3) is 0 Å². The standard InChI is InChI=1S/C19H22ClN3O/c1-15-17(20)8-5-9-18(15)22-10-12-23(13-11-22)19(24)21-14-16-6-3-2-4-7-16/h2-9H,10-14H2,1H3,(H,21,24). The largest absolute Gasteiger partial charge is 0.368 e. The second-order valence-corrected chi connectivity index (χ2v) is 6.41. The Kier molecular flexibility index (Phi) is 5.26. The number of benzene rings is 2. The third-order valence-electron chi connectivity index (χ3n) is 4.43. The summed E-state index contributed by atoms with van der Waals surface area (Å²) in [6, 6.07) is 15.9. The highest BCUT2D eigenvalue weighted by Crippen LogP contribution is 2.27. The van der Waals surface area contributed by atoms with E-state index in [2.05, 4.69) is 16.3 Å². The lowest BCUT2D eigenvalue weighted by Crippen LogP contribution is -2.51. The lowest BCUT2D eigenvalue weighted by atomic mass is 10.1. The quantitative estimate of drug-likeness (QED) is 0.922. The minimum absolute atomic E-state index is 0.00122. The number of hydrogen-bond donors (Lipinski definition) is 1. The van der Waals surface area contributed by atoms with Crippen molar-refractivity contribution in [1.29, 1.82) is 0 Å². The van der Waals surface area contributed by atoms with Crippen LogP contribution in [0.1, 0.15) is 11.1 Å². The molecule has 1 heterocycles. The Morgan fingerprint density at radius 2 is 1.75 bits per heavy atom. The lowest BCUT2D eigenvalue weighted by Gasteiger charge is -2.36. The number of anilines is 1. The Morgan fingerprint density at radius 1 is 1.04 bits per heavy atom. The summed E-state index contributed by atoms with van der Waals surface area (Å²) in [6.07, 6.45) is 0. The summed E-state index contributed by atoms with van der Waals surface area (Å²) in [6.45, 7) is 5.67. The smallest absolute Gasteiger partial charge is 0.317 e. The first kappa shape index (κ1) is 16.7. The molecule has 3 rings (SSSR count). The molecule has 1 N–H and O–H groups in total. The molecule has 1 aliphatic heterocycles. The Bertz CT molecular complexity index is 697. The highest BCUT2D eigenvalue weighted by molar-refractivity contribution is 6.31. The van der Waals surface area contributed by atoms with Crippen molar-refractivity contribution in [2.45, 2.75) is 13.5 Å². The number of rotatable bonds is 3. The molecule has 1 fully saturated rings. The average Bonchev–Trinajstić information content (AvgIpc) is 2.63. The van der Waals surface area contributed by atoms with E-state index in [-0.39, 0.29) is 6.03 Å². The SMILES string of the molecule is Cc1c(Cl)cccc1N1CCN(C(=O)NCc2ccccc2)CC1. The van der Waals surface area contributed by atoms with Gasteiger partial charge >= 0.3 is 6.03 Å². The monoisotopic (exact) mass is 343 g/mol. The number of urea groups is 1. The molecule has 0 spiro atoms. The van der Waals surface area contributed by atoms with E-state index in [0.29, 0.717) is 19.6 Å². The highest BCUT2D eigenvalue weighted by atomic mass is 35.5. The maximum atomic E-state index is 12.3. The van der Waals surface area contributed by atoms with Crippen LogP contribution in [0, 0.1) is 6.92 Å². The summed E-state index contributed by atoms with van der Waals surface area (Å²) >= 11 is 6.21. The second-order valence-electron chi connectivity index (χ2n) is 6.00. The topological polar surface area (TPSA) is 35.6 Å². The fraction of sp³-hybridized carbons (Fsp3) is 0.316. The van der Waals surface area contributed by atoms with Crippen molar-refractivity contribution in [1.82, 2.24) is 10.2 Å². The molecule has 0 bridgehead atoms. The minimum Gasteiger partial charge on any atom is -0.368 e. The Morgan fingerprint density at radius 3 is 2.46 bits per heavy atom. The van der Waals surface area contributed by atoms with Gasteiger partial charge in [0.1, 0.15) is 0 Å². The molecule has 126 valence electrons. The molecule has 0 atom stereocenters. The maximum absolute atomic E-state index is 12.3. The first-order valence-corrected chi connectivity index (χ1v) is 8.60. The third kappa shape index (κ3) is 3.82. The van der Waals surface area contributed by atoms with Crippen molar-refractivity contribution in [3.05, 3.63) is 64.7 Å². The second kappa shape index (κ2) is 7.58. The van der Waals surface area contributed by atoms with Crippen LogP contribution >= 0.6 is 11.6 Å². The molecule has 2 aromatic carbocycles. The summed E-state index contributed by atoms with van der Waals surface area (Å²) < 4.78 is 0. The van der Waals surface area contributed by atoms with E-state index < -0.39 is 0 Å². The lowest BCUT2D eigenvalue weighted by molar-refractivity contribution is 0.194. The maximum Gasteiger partial charge on any atom is 0.317 e. The van der Waals surface area contributed by atoms with Gasteiger partial charge in [-0.15, -0.1) is 0 Å². The van der Waals surface area contributed by atoms with Gasteiger partial charge in [0.2, 0.25) is 0 Å². The minimum atomic E-state index is 0.00122. The summed E-state index contributed by atoms with van der Waals surface area (Å²) in [5.41, 5.74) is 3.37. The van der Waals surface area contributed by atoms with Gasteiger partial charge in [-0.2, -0.15) is 0 Å². The van der Waals surface area contributed by atoms with Gasteiger partial charge in [0.05, 0.1) is 0 Å². The number of amides is 2. The van der Waals surface area contributed by atoms with Gasteiger partial charge in [0.15, 0.2) is 0 Å². The van der Waals surface area contributed by atoms with E-state index in [1.165, 1.54) is 0 Å². The van der Waals surface area contributed by atoms with Crippen molar-refractivity contribution < 1.29 is 4.79 Å². The van der Waals surface area contributed by atoms with E-state index in [0.717, 1.165) is 34.9 Å². The van der Waals surface area contributed by atoms with Crippen LogP contribution in [-0.4, -0.2) is 37.1 Å². The van der Waals surface area contributed by atoms with Crippen molar-refractivity contribution in [2.75, 3.05) is 31.1 Å². The van der Waals surface area contributed by atoms with E-state index in [9.17, 15) is 4.79 Å².